The quantitative estimate of drug-likeness (QED) is 0.739. The van der Waals surface area contributed by atoms with Gasteiger partial charge in [0.05, 0.1) is 0 Å². The van der Waals surface area contributed by atoms with Crippen LogP contribution < -0.4 is 5.73 Å². The van der Waals surface area contributed by atoms with Gasteiger partial charge in [0, 0.05) is 6.20 Å². The summed E-state index contributed by atoms with van der Waals surface area (Å²) in [6.45, 7) is 4.58. The second-order valence-electron chi connectivity index (χ2n) is 6.72. The number of nitrogens with two attached hydrogens (primary N) is 1. The van der Waals surface area contributed by atoms with Gasteiger partial charge >= 0.3 is 5.97 Å². The van der Waals surface area contributed by atoms with Crippen molar-refractivity contribution in [1.82, 2.24) is 4.98 Å². The van der Waals surface area contributed by atoms with Gasteiger partial charge in [-0.05, 0) is 49.8 Å². The number of nitrogens with zero attached hydrogens (tertiary/aromatic N) is 1. The Morgan fingerprint density at radius 2 is 2.00 bits per heavy atom. The highest BCUT2D eigenvalue weighted by atomic mass is 16.6. The van der Waals surface area contributed by atoms with Crippen LogP contribution in [0.4, 0.5) is 0 Å². The van der Waals surface area contributed by atoms with E-state index < -0.39 is 5.60 Å². The van der Waals surface area contributed by atoms with Crippen molar-refractivity contribution in [2.75, 3.05) is 6.54 Å². The lowest BCUT2D eigenvalue weighted by Crippen LogP contribution is -2.36. The maximum Gasteiger partial charge on any atom is 0.357 e. The molecule has 1 saturated carbocycles. The molecule has 23 heavy (non-hydrogen) atoms. The summed E-state index contributed by atoms with van der Waals surface area (Å²) in [6, 6.07) is 3.82. The molecule has 128 valence electrons. The van der Waals surface area contributed by atoms with Gasteiger partial charge in [0.15, 0.2) is 0 Å². The topological polar surface area (TPSA) is 65.2 Å². The Bertz CT molecular complexity index is 489. The molecule has 1 heterocycles. The zero-order valence-electron chi connectivity index (χ0n) is 14.5. The molecule has 2 N–H and O–H groups in total. The first kappa shape index (κ1) is 17.9. The highest BCUT2D eigenvalue weighted by Gasteiger charge is 2.30. The first-order chi connectivity index (χ1) is 11.1. The van der Waals surface area contributed by atoms with E-state index >= 15 is 0 Å². The molecule has 0 bridgehead atoms. The zero-order chi connectivity index (χ0) is 16.7. The van der Waals surface area contributed by atoms with Crippen molar-refractivity contribution in [2.24, 2.45) is 11.7 Å². The number of aromatic nitrogens is 1. The summed E-state index contributed by atoms with van der Waals surface area (Å²) >= 11 is 0. The Hall–Kier alpha value is -1.42. The fourth-order valence-electron chi connectivity index (χ4n) is 3.52. The van der Waals surface area contributed by atoms with Gasteiger partial charge in [0.2, 0.25) is 0 Å². The first-order valence-corrected chi connectivity index (χ1v) is 9.00. The molecule has 1 aromatic rings. The van der Waals surface area contributed by atoms with E-state index in [1.807, 2.05) is 26.1 Å². The third-order valence-electron chi connectivity index (χ3n) is 5.23. The van der Waals surface area contributed by atoms with Gasteiger partial charge in [-0.3, -0.25) is 0 Å². The predicted octanol–water partition coefficient (Wildman–Crippen LogP) is 3.88. The average molecular weight is 318 g/mol. The minimum atomic E-state index is -0.462. The molecule has 0 radical (unpaired) electrons. The Morgan fingerprint density at radius 3 is 2.52 bits per heavy atom. The van der Waals surface area contributed by atoms with Crippen LogP contribution in [0, 0.1) is 5.92 Å². The number of pyridine rings is 1. The average Bonchev–Trinajstić information content (AvgIpc) is 3.08. The van der Waals surface area contributed by atoms with Crippen molar-refractivity contribution in [1.29, 1.82) is 0 Å². The van der Waals surface area contributed by atoms with E-state index in [9.17, 15) is 4.79 Å². The van der Waals surface area contributed by atoms with Crippen LogP contribution in [0.1, 0.15) is 74.8 Å². The van der Waals surface area contributed by atoms with Gasteiger partial charge in [-0.25, -0.2) is 9.78 Å². The third-order valence-corrected chi connectivity index (χ3v) is 5.23. The molecule has 1 aliphatic rings. The molecule has 0 spiro atoms. The second-order valence-corrected chi connectivity index (χ2v) is 6.72. The van der Waals surface area contributed by atoms with Crippen molar-refractivity contribution in [2.45, 2.75) is 70.8 Å². The Labute approximate surface area is 139 Å². The zero-order valence-corrected chi connectivity index (χ0v) is 14.5. The van der Waals surface area contributed by atoms with Gasteiger partial charge in [-0.15, -0.1) is 0 Å². The van der Waals surface area contributed by atoms with Gasteiger partial charge in [0.25, 0.3) is 0 Å². The van der Waals surface area contributed by atoms with Crippen LogP contribution >= 0.6 is 0 Å². The van der Waals surface area contributed by atoms with Crippen molar-refractivity contribution in [3.8, 4) is 0 Å². The smallest absolute Gasteiger partial charge is 0.357 e. The van der Waals surface area contributed by atoms with Gasteiger partial charge in [-0.2, -0.15) is 0 Å². The lowest BCUT2D eigenvalue weighted by molar-refractivity contribution is -0.0266. The summed E-state index contributed by atoms with van der Waals surface area (Å²) in [6.07, 6.45) is 10.5. The Morgan fingerprint density at radius 1 is 1.30 bits per heavy atom. The second kappa shape index (κ2) is 8.44. The Balaban J connectivity index is 1.98. The van der Waals surface area contributed by atoms with Crippen LogP contribution in [0.2, 0.25) is 0 Å². The molecule has 0 saturated heterocycles. The van der Waals surface area contributed by atoms with Crippen molar-refractivity contribution < 1.29 is 9.53 Å². The lowest BCUT2D eigenvalue weighted by atomic mass is 9.93. The number of ether oxygens (including phenoxy) is 1. The van der Waals surface area contributed by atoms with Crippen molar-refractivity contribution in [3.05, 3.63) is 29.6 Å². The predicted molar refractivity (Wildman–Crippen MR) is 92.3 cm³/mol. The van der Waals surface area contributed by atoms with Crippen LogP contribution in [0.5, 0.6) is 0 Å². The highest BCUT2D eigenvalue weighted by molar-refractivity contribution is 5.87. The standard InChI is InChI=1S/C19H30N2O2/c1-3-19(4-2,11-12-20)23-18(22)17-10-9-16(14-21-17)13-15-7-5-6-8-15/h9-10,14-15H,3-8,11-13,20H2,1-2H3. The van der Waals surface area contributed by atoms with E-state index in [-0.39, 0.29) is 5.97 Å². The number of hydrogen-bond donors (Lipinski definition) is 1. The number of esters is 1. The summed E-state index contributed by atoms with van der Waals surface area (Å²) < 4.78 is 5.75. The summed E-state index contributed by atoms with van der Waals surface area (Å²) in [4.78, 5) is 16.7. The minimum Gasteiger partial charge on any atom is -0.454 e. The van der Waals surface area contributed by atoms with Crippen LogP contribution in [0.3, 0.4) is 0 Å². The van der Waals surface area contributed by atoms with Crippen molar-refractivity contribution in [3.63, 3.8) is 0 Å². The maximum atomic E-state index is 12.4. The molecule has 0 aliphatic heterocycles. The van der Waals surface area contributed by atoms with Crippen LogP contribution in [0.25, 0.3) is 0 Å². The summed E-state index contributed by atoms with van der Waals surface area (Å²) in [7, 11) is 0. The third kappa shape index (κ3) is 4.77. The molecule has 4 nitrogen and oxygen atoms in total. The monoisotopic (exact) mass is 318 g/mol. The molecule has 0 aromatic carbocycles. The van der Waals surface area contributed by atoms with E-state index in [2.05, 4.69) is 4.98 Å². The van der Waals surface area contributed by atoms with Crippen molar-refractivity contribution >= 4 is 5.97 Å². The Kier molecular flexibility index (Phi) is 6.58. The molecular formula is C19H30N2O2. The molecule has 1 aromatic heterocycles. The molecule has 0 atom stereocenters. The van der Waals surface area contributed by atoms with E-state index in [1.165, 1.54) is 31.2 Å². The van der Waals surface area contributed by atoms with Crippen LogP contribution in [0.15, 0.2) is 18.3 Å². The lowest BCUT2D eigenvalue weighted by Gasteiger charge is -2.31. The van der Waals surface area contributed by atoms with Crippen LogP contribution in [-0.4, -0.2) is 23.1 Å². The SMILES string of the molecule is CCC(CC)(CCN)OC(=O)c1ccc(CC2CCCC2)cn1. The maximum absolute atomic E-state index is 12.4. The first-order valence-electron chi connectivity index (χ1n) is 9.00. The highest BCUT2D eigenvalue weighted by Crippen LogP contribution is 2.28. The largest absolute Gasteiger partial charge is 0.454 e. The van der Waals surface area contributed by atoms with Crippen LogP contribution in [-0.2, 0) is 11.2 Å². The summed E-state index contributed by atoms with van der Waals surface area (Å²) in [5, 5.41) is 0. The van der Waals surface area contributed by atoms with E-state index in [0.29, 0.717) is 18.7 Å². The molecule has 4 heteroatoms. The fourth-order valence-corrected chi connectivity index (χ4v) is 3.52. The number of rotatable bonds is 8. The molecule has 1 fully saturated rings. The van der Waals surface area contributed by atoms with Gasteiger partial charge in [0.1, 0.15) is 11.3 Å². The summed E-state index contributed by atoms with van der Waals surface area (Å²) in [5.74, 6) is 0.446. The molecular weight excluding hydrogens is 288 g/mol. The summed E-state index contributed by atoms with van der Waals surface area (Å²) in [5.41, 5.74) is 6.82. The van der Waals surface area contributed by atoms with E-state index in [1.54, 1.807) is 6.07 Å². The normalized spacial score (nSPS) is 15.8. The molecule has 0 unspecified atom stereocenters. The molecule has 0 amide bonds. The number of hydrogen-bond acceptors (Lipinski definition) is 4. The van der Waals surface area contributed by atoms with E-state index in [4.69, 9.17) is 10.5 Å². The molecule has 2 rings (SSSR count). The minimum absolute atomic E-state index is 0.338. The fraction of sp³-hybridized carbons (Fsp3) is 0.684. The van der Waals surface area contributed by atoms with Gasteiger partial charge < -0.3 is 10.5 Å². The van der Waals surface area contributed by atoms with Gasteiger partial charge in [-0.1, -0.05) is 45.6 Å². The number of carbonyl (C=O) groups excluding carboxylic acids is 1. The molecule has 1 aliphatic carbocycles. The number of carbonyl (C=O) groups is 1. The van der Waals surface area contributed by atoms with E-state index in [0.717, 1.165) is 25.2 Å².